The number of nitrogens with zero attached hydrogens (tertiary/aromatic N) is 2. The molecule has 0 atom stereocenters. The van der Waals surface area contributed by atoms with Gasteiger partial charge in [0.05, 0.1) is 12.6 Å². The van der Waals surface area contributed by atoms with Gasteiger partial charge in [-0.3, -0.25) is 0 Å². The lowest BCUT2D eigenvalue weighted by Gasteiger charge is -2.01. The van der Waals surface area contributed by atoms with Crippen LogP contribution >= 0.6 is 11.3 Å². The summed E-state index contributed by atoms with van der Waals surface area (Å²) < 4.78 is 4.76. The van der Waals surface area contributed by atoms with Crippen molar-refractivity contribution < 1.29 is 9.53 Å². The summed E-state index contributed by atoms with van der Waals surface area (Å²) in [5.41, 5.74) is 3.60. The van der Waals surface area contributed by atoms with Crippen molar-refractivity contribution in [1.82, 2.24) is 15.0 Å². The molecular weight excluding hydrogens is 322 g/mol. The number of hydrogen-bond donors (Lipinski definition) is 1. The fourth-order valence-corrected chi connectivity index (χ4v) is 3.43. The first-order valence-electron chi connectivity index (χ1n) is 7.34. The maximum Gasteiger partial charge on any atom is 0.348 e. The summed E-state index contributed by atoms with van der Waals surface area (Å²) in [4.78, 5) is 25.3. The predicted octanol–water partition coefficient (Wildman–Crippen LogP) is 4.14. The quantitative estimate of drug-likeness (QED) is 0.571. The molecular formula is C18H13N3O2S. The second-order valence-electron chi connectivity index (χ2n) is 5.20. The van der Waals surface area contributed by atoms with Gasteiger partial charge in [0.1, 0.15) is 10.7 Å². The molecule has 0 fully saturated rings. The molecule has 6 heteroatoms. The number of esters is 1. The Morgan fingerprint density at radius 2 is 2.00 bits per heavy atom. The average Bonchev–Trinajstić information content (AvgIpc) is 3.28. The van der Waals surface area contributed by atoms with E-state index in [0.717, 1.165) is 27.3 Å². The molecule has 3 aromatic heterocycles. The molecule has 0 aliphatic heterocycles. The minimum atomic E-state index is -0.314. The third-order valence-electron chi connectivity index (χ3n) is 3.67. The number of carbonyl (C=O) groups is 1. The van der Waals surface area contributed by atoms with Gasteiger partial charge in [0.25, 0.3) is 0 Å². The van der Waals surface area contributed by atoms with E-state index in [1.807, 2.05) is 42.5 Å². The summed E-state index contributed by atoms with van der Waals surface area (Å²) >= 11 is 1.41. The zero-order valence-electron chi connectivity index (χ0n) is 12.8. The first-order valence-corrected chi connectivity index (χ1v) is 8.16. The zero-order valence-corrected chi connectivity index (χ0v) is 13.6. The molecule has 1 N–H and O–H groups in total. The highest BCUT2D eigenvalue weighted by Gasteiger charge is 2.12. The summed E-state index contributed by atoms with van der Waals surface area (Å²) in [5, 5.41) is 0. The molecule has 0 amide bonds. The molecule has 3 heterocycles. The standard InChI is InChI=1S/C18H13N3O2S/c1-23-18(22)15-8-7-14(24-15)11-4-2-5-12(10-11)16-20-13-6-3-9-19-17(13)21-16/h2-10H,1H3,(H,19,20,21). The fourth-order valence-electron chi connectivity index (χ4n) is 2.50. The smallest absolute Gasteiger partial charge is 0.348 e. The van der Waals surface area contributed by atoms with Crippen LogP contribution in [-0.4, -0.2) is 28.0 Å². The van der Waals surface area contributed by atoms with Crippen LogP contribution < -0.4 is 0 Å². The Morgan fingerprint density at radius 1 is 1.12 bits per heavy atom. The summed E-state index contributed by atoms with van der Waals surface area (Å²) in [5.74, 6) is 0.459. The molecule has 4 rings (SSSR count). The second-order valence-corrected chi connectivity index (χ2v) is 6.28. The number of aromatic nitrogens is 3. The molecule has 0 saturated carbocycles. The highest BCUT2D eigenvalue weighted by Crippen LogP contribution is 2.31. The van der Waals surface area contributed by atoms with Crippen LogP contribution in [0.1, 0.15) is 9.67 Å². The van der Waals surface area contributed by atoms with E-state index < -0.39 is 0 Å². The molecule has 0 unspecified atom stereocenters. The van der Waals surface area contributed by atoms with Crippen molar-refractivity contribution in [3.05, 3.63) is 59.6 Å². The number of benzene rings is 1. The molecule has 0 aliphatic rings. The number of pyridine rings is 1. The van der Waals surface area contributed by atoms with Crippen LogP contribution in [0.3, 0.4) is 0 Å². The summed E-state index contributed by atoms with van der Waals surface area (Å²) in [7, 11) is 1.39. The van der Waals surface area contributed by atoms with Crippen molar-refractivity contribution in [2.45, 2.75) is 0 Å². The Labute approximate surface area is 142 Å². The van der Waals surface area contributed by atoms with E-state index in [2.05, 4.69) is 15.0 Å². The van der Waals surface area contributed by atoms with Crippen LogP contribution in [0, 0.1) is 0 Å². The highest BCUT2D eigenvalue weighted by molar-refractivity contribution is 7.17. The Hall–Kier alpha value is -2.99. The molecule has 0 radical (unpaired) electrons. The van der Waals surface area contributed by atoms with Crippen LogP contribution in [0.5, 0.6) is 0 Å². The Balaban J connectivity index is 1.73. The maximum atomic E-state index is 11.6. The van der Waals surface area contributed by atoms with Gasteiger partial charge in [-0.15, -0.1) is 11.3 Å². The number of carbonyl (C=O) groups excluding carboxylic acids is 1. The van der Waals surface area contributed by atoms with Crippen molar-refractivity contribution in [3.63, 3.8) is 0 Å². The predicted molar refractivity (Wildman–Crippen MR) is 94.0 cm³/mol. The number of hydrogen-bond acceptors (Lipinski definition) is 5. The van der Waals surface area contributed by atoms with Crippen LogP contribution in [-0.2, 0) is 4.74 Å². The van der Waals surface area contributed by atoms with Gasteiger partial charge in [0, 0.05) is 16.6 Å². The lowest BCUT2D eigenvalue weighted by molar-refractivity contribution is 0.0606. The monoisotopic (exact) mass is 335 g/mol. The maximum absolute atomic E-state index is 11.6. The van der Waals surface area contributed by atoms with Crippen molar-refractivity contribution in [3.8, 4) is 21.8 Å². The molecule has 118 valence electrons. The number of nitrogens with one attached hydrogen (secondary N) is 1. The molecule has 1 aromatic carbocycles. The number of aromatic amines is 1. The van der Waals surface area contributed by atoms with Gasteiger partial charge in [-0.05, 0) is 35.9 Å². The van der Waals surface area contributed by atoms with Crippen LogP contribution in [0.2, 0.25) is 0 Å². The number of methoxy groups -OCH3 is 1. The SMILES string of the molecule is COC(=O)c1ccc(-c2cccc(-c3nc4ncccc4[nH]3)c2)s1. The molecule has 0 bridgehead atoms. The van der Waals surface area contributed by atoms with Gasteiger partial charge >= 0.3 is 5.97 Å². The molecule has 0 aliphatic carbocycles. The van der Waals surface area contributed by atoms with Crippen molar-refractivity contribution >= 4 is 28.5 Å². The van der Waals surface area contributed by atoms with E-state index in [9.17, 15) is 4.79 Å². The summed E-state index contributed by atoms with van der Waals surface area (Å²) in [6, 6.07) is 15.6. The molecule has 0 saturated heterocycles. The van der Waals surface area contributed by atoms with E-state index >= 15 is 0 Å². The summed E-state index contributed by atoms with van der Waals surface area (Å²) in [6.07, 6.45) is 1.73. The average molecular weight is 335 g/mol. The van der Waals surface area contributed by atoms with Crippen LogP contribution in [0.25, 0.3) is 33.0 Å². The summed E-state index contributed by atoms with van der Waals surface area (Å²) in [6.45, 7) is 0. The van der Waals surface area contributed by atoms with Gasteiger partial charge < -0.3 is 9.72 Å². The fraction of sp³-hybridized carbons (Fsp3) is 0.0556. The lowest BCUT2D eigenvalue weighted by atomic mass is 10.1. The van der Waals surface area contributed by atoms with Gasteiger partial charge in [0.15, 0.2) is 5.65 Å². The molecule has 5 nitrogen and oxygen atoms in total. The second kappa shape index (κ2) is 5.90. The normalized spacial score (nSPS) is 10.9. The third-order valence-corrected chi connectivity index (χ3v) is 4.78. The number of ether oxygens (including phenoxy) is 1. The molecule has 4 aromatic rings. The van der Waals surface area contributed by atoms with E-state index in [-0.39, 0.29) is 5.97 Å². The van der Waals surface area contributed by atoms with E-state index in [4.69, 9.17) is 4.74 Å². The Bertz CT molecular complexity index is 1000. The van der Waals surface area contributed by atoms with Gasteiger partial charge in [-0.2, -0.15) is 0 Å². The van der Waals surface area contributed by atoms with Gasteiger partial charge in [-0.25, -0.2) is 14.8 Å². The molecule has 24 heavy (non-hydrogen) atoms. The lowest BCUT2D eigenvalue weighted by Crippen LogP contribution is -1.96. The van der Waals surface area contributed by atoms with E-state index in [1.54, 1.807) is 12.3 Å². The Morgan fingerprint density at radius 3 is 2.83 bits per heavy atom. The first-order chi connectivity index (χ1) is 11.7. The number of rotatable bonds is 3. The highest BCUT2D eigenvalue weighted by atomic mass is 32.1. The largest absolute Gasteiger partial charge is 0.465 e. The van der Waals surface area contributed by atoms with Crippen molar-refractivity contribution in [2.24, 2.45) is 0 Å². The van der Waals surface area contributed by atoms with E-state index in [0.29, 0.717) is 10.5 Å². The van der Waals surface area contributed by atoms with Gasteiger partial charge in [-0.1, -0.05) is 18.2 Å². The number of fused-ring (bicyclic) bond motifs is 1. The third kappa shape index (κ3) is 2.57. The van der Waals surface area contributed by atoms with Crippen molar-refractivity contribution in [2.75, 3.05) is 7.11 Å². The van der Waals surface area contributed by atoms with Crippen molar-refractivity contribution in [1.29, 1.82) is 0 Å². The van der Waals surface area contributed by atoms with E-state index in [1.165, 1.54) is 18.4 Å². The van der Waals surface area contributed by atoms with Crippen LogP contribution in [0.15, 0.2) is 54.7 Å². The number of imidazole rings is 1. The van der Waals surface area contributed by atoms with Crippen LogP contribution in [0.4, 0.5) is 0 Å². The minimum absolute atomic E-state index is 0.314. The molecule has 0 spiro atoms. The topological polar surface area (TPSA) is 67.9 Å². The number of thiophene rings is 1. The van der Waals surface area contributed by atoms with Gasteiger partial charge in [0.2, 0.25) is 0 Å². The number of H-pyrrole nitrogens is 1. The first kappa shape index (κ1) is 14.6. The Kier molecular flexibility index (Phi) is 3.59. The zero-order chi connectivity index (χ0) is 16.5. The minimum Gasteiger partial charge on any atom is -0.465 e.